The fourth-order valence-electron chi connectivity index (χ4n) is 1.94. The number of carbonyl (C=O) groups is 2. The summed E-state index contributed by atoms with van der Waals surface area (Å²) in [5.74, 6) is -1.14. The Morgan fingerprint density at radius 3 is 2.48 bits per heavy atom. The van der Waals surface area contributed by atoms with Gasteiger partial charge in [-0.3, -0.25) is 4.79 Å². The Bertz CT molecular complexity index is 758. The molecule has 23 heavy (non-hydrogen) atoms. The zero-order valence-corrected chi connectivity index (χ0v) is 12.6. The average molecular weight is 308 g/mol. The molecule has 116 valence electrons. The van der Waals surface area contributed by atoms with Crippen molar-refractivity contribution in [1.29, 1.82) is 0 Å². The van der Waals surface area contributed by atoms with Crippen molar-refractivity contribution in [1.82, 2.24) is 0 Å². The van der Waals surface area contributed by atoms with Gasteiger partial charge >= 0.3 is 5.97 Å². The van der Waals surface area contributed by atoms with E-state index in [0.717, 1.165) is 5.56 Å². The second-order valence-electron chi connectivity index (χ2n) is 4.72. The van der Waals surface area contributed by atoms with Crippen molar-refractivity contribution >= 4 is 17.8 Å². The average Bonchev–Trinajstić information content (AvgIpc) is 2.59. The van der Waals surface area contributed by atoms with Gasteiger partial charge in [0, 0.05) is 0 Å². The van der Waals surface area contributed by atoms with Crippen molar-refractivity contribution < 1.29 is 19.4 Å². The van der Waals surface area contributed by atoms with E-state index in [1.54, 1.807) is 12.2 Å². The molecule has 0 heterocycles. The minimum absolute atomic E-state index is 0.0530. The third kappa shape index (κ3) is 4.41. The van der Waals surface area contributed by atoms with Crippen LogP contribution in [0.1, 0.15) is 26.3 Å². The van der Waals surface area contributed by atoms with Gasteiger partial charge in [0.25, 0.3) is 0 Å². The number of ether oxygens (including phenoxy) is 1. The topological polar surface area (TPSA) is 63.6 Å². The lowest BCUT2D eigenvalue weighted by atomic mass is 10.1. The molecule has 0 fully saturated rings. The molecular weight excluding hydrogens is 292 g/mol. The summed E-state index contributed by atoms with van der Waals surface area (Å²) < 4.78 is 4.60. The molecule has 0 saturated carbocycles. The van der Waals surface area contributed by atoms with Crippen LogP contribution in [0.25, 0.3) is 6.08 Å². The summed E-state index contributed by atoms with van der Waals surface area (Å²) in [4.78, 5) is 23.6. The van der Waals surface area contributed by atoms with E-state index in [4.69, 9.17) is 0 Å². The molecular formula is C19H16O4. The van der Waals surface area contributed by atoms with Gasteiger partial charge in [0.1, 0.15) is 5.75 Å². The summed E-state index contributed by atoms with van der Waals surface area (Å²) in [6.07, 6.45) is 6.50. The highest BCUT2D eigenvalue weighted by atomic mass is 16.5. The number of phenols is 1. The number of hydrogen-bond acceptors (Lipinski definition) is 4. The van der Waals surface area contributed by atoms with E-state index in [2.05, 4.69) is 4.74 Å². The number of ketones is 1. The Kier molecular flexibility index (Phi) is 5.47. The number of carbonyl (C=O) groups excluding carboxylic acids is 2. The van der Waals surface area contributed by atoms with Crippen molar-refractivity contribution in [3.8, 4) is 5.75 Å². The van der Waals surface area contributed by atoms with Crippen LogP contribution in [0.5, 0.6) is 5.75 Å². The lowest BCUT2D eigenvalue weighted by Gasteiger charge is -2.03. The third-order valence-corrected chi connectivity index (χ3v) is 3.13. The molecule has 2 aromatic rings. The number of allylic oxidation sites excluding steroid dienone is 3. The molecule has 0 atom stereocenters. The van der Waals surface area contributed by atoms with Gasteiger partial charge in [-0.05, 0) is 29.8 Å². The Hall–Kier alpha value is -3.14. The van der Waals surface area contributed by atoms with Crippen molar-refractivity contribution in [3.05, 3.63) is 83.4 Å². The van der Waals surface area contributed by atoms with Crippen LogP contribution >= 0.6 is 0 Å². The largest absolute Gasteiger partial charge is 0.507 e. The maximum atomic E-state index is 12.1. The van der Waals surface area contributed by atoms with Crippen LogP contribution in [0.3, 0.4) is 0 Å². The van der Waals surface area contributed by atoms with E-state index in [9.17, 15) is 14.7 Å². The lowest BCUT2D eigenvalue weighted by molar-refractivity contribution is 0.0600. The van der Waals surface area contributed by atoms with Gasteiger partial charge in [-0.1, -0.05) is 48.6 Å². The van der Waals surface area contributed by atoms with Crippen LogP contribution in [0.4, 0.5) is 0 Å². The molecule has 0 aliphatic rings. The van der Waals surface area contributed by atoms with Gasteiger partial charge < -0.3 is 9.84 Å². The van der Waals surface area contributed by atoms with E-state index < -0.39 is 11.8 Å². The molecule has 0 bridgehead atoms. The number of rotatable bonds is 5. The van der Waals surface area contributed by atoms with Crippen LogP contribution in [0.2, 0.25) is 0 Å². The molecule has 2 aromatic carbocycles. The predicted octanol–water partition coefficient (Wildman–Crippen LogP) is 3.63. The highest BCUT2D eigenvalue weighted by Crippen LogP contribution is 2.20. The third-order valence-electron chi connectivity index (χ3n) is 3.13. The van der Waals surface area contributed by atoms with E-state index >= 15 is 0 Å². The summed E-state index contributed by atoms with van der Waals surface area (Å²) in [7, 11) is 1.25. The van der Waals surface area contributed by atoms with Crippen molar-refractivity contribution in [2.45, 2.75) is 0 Å². The standard InChI is InChI=1S/C19H16O4/c1-23-19(22)15-11-12-18(21)16(13-15)17(20)10-6-5-9-14-7-3-2-4-8-14/h2-13,21H,1H3/b9-5+,10-6-. The maximum Gasteiger partial charge on any atom is 0.337 e. The van der Waals surface area contributed by atoms with Gasteiger partial charge in [0.2, 0.25) is 0 Å². The summed E-state index contributed by atoms with van der Waals surface area (Å²) in [6.45, 7) is 0. The first kappa shape index (κ1) is 16.2. The quantitative estimate of drug-likeness (QED) is 0.396. The molecule has 1 N–H and O–H groups in total. The monoisotopic (exact) mass is 308 g/mol. The van der Waals surface area contributed by atoms with E-state index in [-0.39, 0.29) is 16.9 Å². The molecule has 0 amide bonds. The van der Waals surface area contributed by atoms with Crippen molar-refractivity contribution in [2.75, 3.05) is 7.11 Å². The summed E-state index contributed by atoms with van der Waals surface area (Å²) in [5, 5.41) is 9.77. The molecule has 2 rings (SSSR count). The van der Waals surface area contributed by atoms with Gasteiger partial charge in [-0.2, -0.15) is 0 Å². The first-order valence-electron chi connectivity index (χ1n) is 6.97. The van der Waals surface area contributed by atoms with Crippen LogP contribution in [0, 0.1) is 0 Å². The number of methoxy groups -OCH3 is 1. The smallest absolute Gasteiger partial charge is 0.337 e. The molecule has 4 heteroatoms. The van der Waals surface area contributed by atoms with Gasteiger partial charge in [0.05, 0.1) is 18.2 Å². The van der Waals surface area contributed by atoms with E-state index in [1.807, 2.05) is 36.4 Å². The maximum absolute atomic E-state index is 12.1. The zero-order valence-electron chi connectivity index (χ0n) is 12.6. The summed E-state index contributed by atoms with van der Waals surface area (Å²) in [5.41, 5.74) is 1.28. The lowest BCUT2D eigenvalue weighted by Crippen LogP contribution is -2.04. The van der Waals surface area contributed by atoms with Gasteiger partial charge in [0.15, 0.2) is 5.78 Å². The zero-order chi connectivity index (χ0) is 16.7. The van der Waals surface area contributed by atoms with E-state index in [1.165, 1.54) is 31.4 Å². The number of phenolic OH excluding ortho intramolecular Hbond substituents is 1. The second kappa shape index (κ2) is 7.75. The number of hydrogen-bond donors (Lipinski definition) is 1. The van der Waals surface area contributed by atoms with Gasteiger partial charge in [-0.15, -0.1) is 0 Å². The van der Waals surface area contributed by atoms with Crippen LogP contribution in [-0.4, -0.2) is 24.0 Å². The Morgan fingerprint density at radius 2 is 1.78 bits per heavy atom. The molecule has 0 aliphatic carbocycles. The highest BCUT2D eigenvalue weighted by Gasteiger charge is 2.13. The molecule has 0 unspecified atom stereocenters. The first-order valence-corrected chi connectivity index (χ1v) is 6.97. The fourth-order valence-corrected chi connectivity index (χ4v) is 1.94. The minimum atomic E-state index is -0.563. The number of esters is 1. The van der Waals surface area contributed by atoms with Crippen molar-refractivity contribution in [2.24, 2.45) is 0 Å². The molecule has 0 aliphatic heterocycles. The van der Waals surface area contributed by atoms with E-state index in [0.29, 0.717) is 0 Å². The van der Waals surface area contributed by atoms with Crippen LogP contribution < -0.4 is 0 Å². The van der Waals surface area contributed by atoms with Crippen LogP contribution in [-0.2, 0) is 4.74 Å². The first-order chi connectivity index (χ1) is 11.1. The minimum Gasteiger partial charge on any atom is -0.507 e. The van der Waals surface area contributed by atoms with Gasteiger partial charge in [-0.25, -0.2) is 4.79 Å². The van der Waals surface area contributed by atoms with Crippen LogP contribution in [0.15, 0.2) is 66.8 Å². The molecule has 0 radical (unpaired) electrons. The molecule has 0 spiro atoms. The summed E-state index contributed by atoms with van der Waals surface area (Å²) in [6, 6.07) is 13.7. The second-order valence-corrected chi connectivity index (χ2v) is 4.72. The Labute approximate surface area is 134 Å². The number of aromatic hydroxyl groups is 1. The highest BCUT2D eigenvalue weighted by molar-refractivity contribution is 6.08. The fraction of sp³-hybridized carbons (Fsp3) is 0.0526. The Balaban J connectivity index is 2.12. The SMILES string of the molecule is COC(=O)c1ccc(O)c(C(=O)/C=C\C=C\c2ccccc2)c1. The van der Waals surface area contributed by atoms with Crippen molar-refractivity contribution in [3.63, 3.8) is 0 Å². The normalized spacial score (nSPS) is 11.0. The molecule has 0 aromatic heterocycles. The summed E-state index contributed by atoms with van der Waals surface area (Å²) >= 11 is 0. The Morgan fingerprint density at radius 1 is 1.04 bits per heavy atom. The molecule has 0 saturated heterocycles. The predicted molar refractivity (Wildman–Crippen MR) is 88.4 cm³/mol. The molecule has 4 nitrogen and oxygen atoms in total. The number of benzene rings is 2.